The van der Waals surface area contributed by atoms with Crippen LogP contribution < -0.4 is 0 Å². The van der Waals surface area contributed by atoms with Gasteiger partial charge in [-0.05, 0) is 45.3 Å². The minimum atomic E-state index is -0.344. The molecule has 10 heteroatoms. The van der Waals surface area contributed by atoms with Crippen molar-refractivity contribution in [1.29, 1.82) is 0 Å². The van der Waals surface area contributed by atoms with E-state index in [1.165, 1.54) is 24.9 Å². The lowest BCUT2D eigenvalue weighted by molar-refractivity contribution is -0.149. The second-order valence-corrected chi connectivity index (χ2v) is 17.6. The van der Waals surface area contributed by atoms with Crippen LogP contribution in [0.2, 0.25) is 12.1 Å². The highest BCUT2D eigenvalue weighted by Gasteiger charge is 2.29. The van der Waals surface area contributed by atoms with Gasteiger partial charge in [-0.15, -0.1) is 0 Å². The Kier molecular flexibility index (Phi) is 20.5. The highest BCUT2D eigenvalue weighted by atomic mass is 33.7. The van der Waals surface area contributed by atoms with Crippen molar-refractivity contribution in [3.05, 3.63) is 0 Å². The Labute approximate surface area is 193 Å². The van der Waals surface area contributed by atoms with Crippen LogP contribution in [0.15, 0.2) is 0 Å². The third kappa shape index (κ3) is 13.2. The number of rotatable bonds is 21. The molecule has 0 fully saturated rings. The molecule has 4 nitrogen and oxygen atoms in total. The van der Waals surface area contributed by atoms with E-state index in [2.05, 4.69) is 13.8 Å². The van der Waals surface area contributed by atoms with Gasteiger partial charge < -0.3 is 18.9 Å². The second-order valence-electron chi connectivity index (χ2n) is 6.83. The van der Waals surface area contributed by atoms with Gasteiger partial charge in [0.05, 0.1) is 19.0 Å². The molecule has 0 spiro atoms. The van der Waals surface area contributed by atoms with Gasteiger partial charge in [0.15, 0.2) is 0 Å². The SMILES string of the molecule is CCC[SiH2]C(CCCSSSSCCCC(OC)(OC)[SiH2]CCC)(OC)OC. The average Bonchev–Trinajstić information content (AvgIpc) is 2.74. The zero-order valence-corrected chi connectivity index (χ0v) is 24.8. The molecular weight excluding hydrogens is 465 g/mol. The molecule has 0 aromatic rings. The molecule has 0 amide bonds. The third-order valence-corrected chi connectivity index (χ3v) is 17.1. The molecule has 0 saturated carbocycles. The summed E-state index contributed by atoms with van der Waals surface area (Å²) >= 11 is 0. The van der Waals surface area contributed by atoms with Crippen molar-refractivity contribution in [2.75, 3.05) is 39.9 Å². The van der Waals surface area contributed by atoms with Gasteiger partial charge in [0, 0.05) is 39.9 Å². The Morgan fingerprint density at radius 1 is 0.643 bits per heavy atom. The van der Waals surface area contributed by atoms with Crippen LogP contribution in [0.25, 0.3) is 0 Å². The van der Waals surface area contributed by atoms with Gasteiger partial charge in [0.25, 0.3) is 0 Å². The predicted octanol–water partition coefficient (Wildman–Crippen LogP) is 5.11. The molecular formula is C18H42O4S4Si2. The Bertz CT molecular complexity index is 318. The summed E-state index contributed by atoms with van der Waals surface area (Å²) in [5.41, 5.74) is -0.501. The normalized spacial score (nSPS) is 13.5. The Morgan fingerprint density at radius 2 is 1.00 bits per heavy atom. The largest absolute Gasteiger partial charge is 0.358 e. The van der Waals surface area contributed by atoms with Crippen LogP contribution in [0.4, 0.5) is 0 Å². The molecule has 0 aromatic carbocycles. The molecule has 0 aliphatic heterocycles. The molecule has 0 radical (unpaired) electrons. The van der Waals surface area contributed by atoms with Gasteiger partial charge in [0.1, 0.15) is 10.8 Å². The molecule has 28 heavy (non-hydrogen) atoms. The first kappa shape index (κ1) is 29.7. The minimum absolute atomic E-state index is 0.251. The van der Waals surface area contributed by atoms with E-state index in [1.807, 2.05) is 41.2 Å². The van der Waals surface area contributed by atoms with Crippen LogP contribution in [0.1, 0.15) is 52.4 Å². The van der Waals surface area contributed by atoms with Crippen LogP contribution >= 0.6 is 41.2 Å². The van der Waals surface area contributed by atoms with Crippen LogP contribution in [-0.4, -0.2) is 69.8 Å². The van der Waals surface area contributed by atoms with E-state index in [-0.39, 0.29) is 29.9 Å². The molecule has 0 bridgehead atoms. The fraction of sp³-hybridized carbons (Fsp3) is 1.00. The highest BCUT2D eigenvalue weighted by Crippen LogP contribution is 2.44. The summed E-state index contributed by atoms with van der Waals surface area (Å²) in [5, 5.41) is 0. The number of methoxy groups -OCH3 is 4. The first-order valence-corrected chi connectivity index (χ1v) is 18.9. The Hall–Kier alpha value is 1.67. The third-order valence-electron chi connectivity index (χ3n) is 5.01. The van der Waals surface area contributed by atoms with Crippen LogP contribution in [0, 0.1) is 0 Å². The average molecular weight is 507 g/mol. The van der Waals surface area contributed by atoms with Crippen molar-refractivity contribution in [3.8, 4) is 0 Å². The molecule has 0 unspecified atom stereocenters. The molecule has 0 aliphatic rings. The summed E-state index contributed by atoms with van der Waals surface area (Å²) in [6.07, 6.45) is 6.80. The Morgan fingerprint density at radius 3 is 1.29 bits per heavy atom. The molecule has 0 aromatic heterocycles. The fourth-order valence-electron chi connectivity index (χ4n) is 3.03. The van der Waals surface area contributed by atoms with Gasteiger partial charge in [-0.3, -0.25) is 0 Å². The van der Waals surface area contributed by atoms with Crippen molar-refractivity contribution < 1.29 is 18.9 Å². The summed E-state index contributed by atoms with van der Waals surface area (Å²) in [6.45, 7) is 4.48. The van der Waals surface area contributed by atoms with Crippen molar-refractivity contribution >= 4 is 60.3 Å². The Balaban J connectivity index is 3.78. The lowest BCUT2D eigenvalue weighted by Gasteiger charge is -2.31. The second kappa shape index (κ2) is 19.4. The smallest absolute Gasteiger partial charge is 0.144 e. The summed E-state index contributed by atoms with van der Waals surface area (Å²) in [6, 6.07) is 2.56. The summed E-state index contributed by atoms with van der Waals surface area (Å²) < 4.78 is 22.9. The van der Waals surface area contributed by atoms with Crippen LogP contribution in [-0.2, 0) is 18.9 Å². The van der Waals surface area contributed by atoms with E-state index in [0.717, 1.165) is 37.2 Å². The summed E-state index contributed by atoms with van der Waals surface area (Å²) in [4.78, 5) is 0. The van der Waals surface area contributed by atoms with E-state index in [4.69, 9.17) is 18.9 Å². The first-order valence-electron chi connectivity index (χ1n) is 10.4. The van der Waals surface area contributed by atoms with Crippen molar-refractivity contribution in [2.24, 2.45) is 0 Å². The maximum atomic E-state index is 5.73. The molecule has 0 aliphatic carbocycles. The highest BCUT2D eigenvalue weighted by molar-refractivity contribution is 9.26. The predicted molar refractivity (Wildman–Crippen MR) is 139 cm³/mol. The lowest BCUT2D eigenvalue weighted by Crippen LogP contribution is -2.40. The molecule has 0 rings (SSSR count). The van der Waals surface area contributed by atoms with Gasteiger partial charge >= 0.3 is 0 Å². The lowest BCUT2D eigenvalue weighted by atomic mass is 10.3. The molecule has 0 heterocycles. The quantitative estimate of drug-likeness (QED) is 0.0920. The van der Waals surface area contributed by atoms with Crippen molar-refractivity contribution in [2.45, 2.75) is 75.3 Å². The summed E-state index contributed by atoms with van der Waals surface area (Å²) in [7, 11) is 14.2. The number of ether oxygens (including phenoxy) is 4. The number of hydrogen-bond donors (Lipinski definition) is 0. The van der Waals surface area contributed by atoms with Crippen LogP contribution in [0.5, 0.6) is 0 Å². The zero-order valence-electron chi connectivity index (χ0n) is 18.8. The first-order chi connectivity index (χ1) is 13.6. The maximum absolute atomic E-state index is 5.73. The van der Waals surface area contributed by atoms with Gasteiger partial charge in [-0.25, -0.2) is 0 Å². The van der Waals surface area contributed by atoms with E-state index >= 15 is 0 Å². The van der Waals surface area contributed by atoms with Crippen molar-refractivity contribution in [3.63, 3.8) is 0 Å². The topological polar surface area (TPSA) is 36.9 Å². The van der Waals surface area contributed by atoms with E-state index in [0.29, 0.717) is 0 Å². The van der Waals surface area contributed by atoms with Gasteiger partial charge in [-0.2, -0.15) is 0 Å². The molecule has 0 saturated heterocycles. The summed E-state index contributed by atoms with van der Waals surface area (Å²) in [5.74, 6) is 2.29. The van der Waals surface area contributed by atoms with Gasteiger partial charge in [-0.1, -0.05) is 60.4 Å². The van der Waals surface area contributed by atoms with E-state index in [1.54, 1.807) is 28.4 Å². The maximum Gasteiger partial charge on any atom is 0.144 e. The van der Waals surface area contributed by atoms with Gasteiger partial charge in [0.2, 0.25) is 0 Å². The fourth-order valence-corrected chi connectivity index (χ4v) is 12.8. The van der Waals surface area contributed by atoms with E-state index < -0.39 is 0 Å². The van der Waals surface area contributed by atoms with E-state index in [9.17, 15) is 0 Å². The van der Waals surface area contributed by atoms with Crippen LogP contribution in [0.3, 0.4) is 0 Å². The molecule has 0 atom stereocenters. The number of hydrogen-bond acceptors (Lipinski definition) is 8. The standard InChI is InChI=1S/C18H42O4S4Si2/c1-7-15-27-17(19-3,20-4)11-9-13-23-25-26-24-14-10-12-18(21-5,22-6)28-16-8-2/h7-16,27-28H2,1-6H3. The zero-order chi connectivity index (χ0) is 21.1. The molecule has 0 N–H and O–H groups in total. The molecule has 170 valence electrons. The monoisotopic (exact) mass is 506 g/mol. The minimum Gasteiger partial charge on any atom is -0.358 e. The van der Waals surface area contributed by atoms with Crippen molar-refractivity contribution in [1.82, 2.24) is 0 Å².